The SMILES string of the molecule is CC(C)(C)c1ccc2c(c1)[CH]([Zr+2]([C]1=C([Si](C)(C)C)C=CC1)=[C](c1ccccc1)c1ccccc1)c1cc(C(C)(C)C)ccc1-2.[Cl-].[Cl-]. The molecule has 6 rings (SSSR count). The quantitative estimate of drug-likeness (QED) is 0.243. The fraction of sp³-hybridized carbons (Fsp3) is 0.310. The van der Waals surface area contributed by atoms with Gasteiger partial charge in [-0.2, -0.15) is 0 Å². The van der Waals surface area contributed by atoms with Gasteiger partial charge in [-0.15, -0.1) is 0 Å². The molecule has 0 unspecified atom stereocenters. The fourth-order valence-electron chi connectivity index (χ4n) is 7.12. The molecule has 0 spiro atoms. The minimum atomic E-state index is -2.81. The Morgan fingerprint density at radius 2 is 1.07 bits per heavy atom. The summed E-state index contributed by atoms with van der Waals surface area (Å²) in [6.45, 7) is 21.8. The van der Waals surface area contributed by atoms with Crippen LogP contribution in [0.25, 0.3) is 11.1 Å². The van der Waals surface area contributed by atoms with Crippen LogP contribution in [0.3, 0.4) is 0 Å². The summed E-state index contributed by atoms with van der Waals surface area (Å²) in [5.41, 5.74) is 12.0. The average molecular weight is 743 g/mol. The van der Waals surface area contributed by atoms with E-state index in [-0.39, 0.29) is 35.6 Å². The van der Waals surface area contributed by atoms with E-state index >= 15 is 0 Å². The van der Waals surface area contributed by atoms with Crippen LogP contribution in [0.4, 0.5) is 0 Å². The van der Waals surface area contributed by atoms with Gasteiger partial charge in [-0.05, 0) is 0 Å². The first kappa shape index (κ1) is 36.7. The van der Waals surface area contributed by atoms with Crippen molar-refractivity contribution in [2.24, 2.45) is 0 Å². The van der Waals surface area contributed by atoms with Crippen LogP contribution in [0.1, 0.15) is 85.0 Å². The normalized spacial score (nSPS) is 14.2. The molecule has 0 saturated carbocycles. The van der Waals surface area contributed by atoms with E-state index in [1.807, 2.05) is 3.28 Å². The maximum absolute atomic E-state index is 2.81. The molecule has 4 heteroatoms. The molecule has 0 aliphatic heterocycles. The molecule has 238 valence electrons. The molecule has 2 aliphatic rings. The number of hydrogen-bond acceptors (Lipinski definition) is 0. The van der Waals surface area contributed by atoms with Crippen molar-refractivity contribution < 1.29 is 46.1 Å². The minimum Gasteiger partial charge on any atom is -1.00 e. The number of fused-ring (bicyclic) bond motifs is 3. The predicted molar refractivity (Wildman–Crippen MR) is 191 cm³/mol. The summed E-state index contributed by atoms with van der Waals surface area (Å²) in [6, 6.07) is 37.8. The van der Waals surface area contributed by atoms with E-state index in [2.05, 4.69) is 170 Å². The topological polar surface area (TPSA) is 0 Å². The van der Waals surface area contributed by atoms with Crippen LogP contribution in [-0.4, -0.2) is 11.3 Å². The second-order valence-electron chi connectivity index (χ2n) is 15.8. The zero-order valence-electron chi connectivity index (χ0n) is 28.9. The first-order valence-corrected chi connectivity index (χ1v) is 23.7. The van der Waals surface area contributed by atoms with Crippen LogP contribution in [0.15, 0.2) is 118 Å². The number of hydrogen-bond donors (Lipinski definition) is 0. The summed E-state index contributed by atoms with van der Waals surface area (Å²) >= 11 is -2.81. The van der Waals surface area contributed by atoms with Gasteiger partial charge in [0, 0.05) is 0 Å². The Balaban J connectivity index is 0.00000240. The second kappa shape index (κ2) is 13.8. The monoisotopic (exact) mass is 740 g/mol. The molecule has 0 saturated heterocycles. The van der Waals surface area contributed by atoms with Gasteiger partial charge < -0.3 is 24.8 Å². The molecule has 0 nitrogen and oxygen atoms in total. The van der Waals surface area contributed by atoms with Crippen LogP contribution in [0.2, 0.25) is 19.6 Å². The van der Waals surface area contributed by atoms with Crippen molar-refractivity contribution in [1.29, 1.82) is 0 Å². The Bertz CT molecular complexity index is 1710. The standard InChI is InChI=1S/C21H25.C13H10.C8H13Si.2ClH.Zr/c1-20(2,3)16-7-9-18-14(12-16)11-15-13-17(21(4,5)6)8-10-19(15)18;1-3-7-12(8-4-1)11-13-9-5-2-6-10-13;1-9(2,3)8-6-4-5-7-8;;;/h7-13H,1-6H3;1-10H;4,6H,5H2,1-3H3;2*1H;/q;;;;;+2/p-2. The molecule has 0 heterocycles. The van der Waals surface area contributed by atoms with E-state index in [0.29, 0.717) is 3.63 Å². The maximum Gasteiger partial charge on any atom is -1.00 e. The van der Waals surface area contributed by atoms with Crippen LogP contribution < -0.4 is 24.8 Å². The molecule has 0 atom stereocenters. The summed E-state index contributed by atoms with van der Waals surface area (Å²) in [4.78, 5) is 0. The van der Waals surface area contributed by atoms with Crippen LogP contribution in [0, 0.1) is 0 Å². The Labute approximate surface area is 299 Å². The molecular formula is C42H48Cl2SiZr. The molecular weight excluding hydrogens is 695 g/mol. The van der Waals surface area contributed by atoms with Gasteiger partial charge >= 0.3 is 277 Å². The smallest absolute Gasteiger partial charge is 1.00 e. The Morgan fingerprint density at radius 1 is 0.630 bits per heavy atom. The molecule has 4 aromatic rings. The average Bonchev–Trinajstić information content (AvgIpc) is 3.59. The van der Waals surface area contributed by atoms with E-state index in [1.54, 1.807) is 19.5 Å². The third-order valence-corrected chi connectivity index (χ3v) is 20.6. The van der Waals surface area contributed by atoms with Crippen molar-refractivity contribution in [1.82, 2.24) is 0 Å². The molecule has 0 N–H and O–H groups in total. The summed E-state index contributed by atoms with van der Waals surface area (Å²) in [7, 11) is -1.58. The first-order valence-electron chi connectivity index (χ1n) is 16.3. The van der Waals surface area contributed by atoms with Crippen molar-refractivity contribution >= 4 is 11.3 Å². The van der Waals surface area contributed by atoms with Crippen LogP contribution in [0.5, 0.6) is 0 Å². The maximum atomic E-state index is 2.61. The van der Waals surface area contributed by atoms with E-state index in [0.717, 1.165) is 6.42 Å². The van der Waals surface area contributed by atoms with Gasteiger partial charge in [0.2, 0.25) is 0 Å². The molecule has 2 aliphatic carbocycles. The summed E-state index contributed by atoms with van der Waals surface area (Å²) in [5, 5.41) is 1.71. The number of halogens is 2. The molecule has 0 bridgehead atoms. The van der Waals surface area contributed by atoms with Gasteiger partial charge in [0.15, 0.2) is 0 Å². The number of benzene rings is 4. The van der Waals surface area contributed by atoms with Crippen molar-refractivity contribution in [2.75, 3.05) is 0 Å². The van der Waals surface area contributed by atoms with Crippen LogP contribution >= 0.6 is 0 Å². The number of rotatable bonds is 5. The summed E-state index contributed by atoms with van der Waals surface area (Å²) < 4.78 is 3.89. The third kappa shape index (κ3) is 7.03. The zero-order valence-corrected chi connectivity index (χ0v) is 33.9. The van der Waals surface area contributed by atoms with Gasteiger partial charge in [0.05, 0.1) is 0 Å². The van der Waals surface area contributed by atoms with E-state index < -0.39 is 29.3 Å². The zero-order chi connectivity index (χ0) is 31.4. The molecule has 0 amide bonds. The first-order chi connectivity index (χ1) is 20.7. The van der Waals surface area contributed by atoms with Crippen molar-refractivity contribution in [3.63, 3.8) is 0 Å². The van der Waals surface area contributed by atoms with Gasteiger partial charge in [-0.1, -0.05) is 0 Å². The van der Waals surface area contributed by atoms with Crippen LogP contribution in [-0.2, 0) is 32.1 Å². The van der Waals surface area contributed by atoms with Gasteiger partial charge in [0.25, 0.3) is 0 Å². The third-order valence-electron chi connectivity index (χ3n) is 9.50. The van der Waals surface area contributed by atoms with E-state index in [9.17, 15) is 0 Å². The summed E-state index contributed by atoms with van der Waals surface area (Å²) in [6.07, 6.45) is 6.13. The largest absolute Gasteiger partial charge is 1.00 e. The molecule has 4 aromatic carbocycles. The van der Waals surface area contributed by atoms with Crippen molar-refractivity contribution in [2.45, 2.75) is 82.1 Å². The fourth-order valence-corrected chi connectivity index (χ4v) is 21.4. The second-order valence-corrected chi connectivity index (χ2v) is 27.0. The number of allylic oxidation sites excluding steroid dienone is 4. The van der Waals surface area contributed by atoms with Crippen molar-refractivity contribution in [3.05, 3.63) is 151 Å². The minimum absolute atomic E-state index is 0. The summed E-state index contributed by atoms with van der Waals surface area (Å²) in [5.74, 6) is 0. The van der Waals surface area contributed by atoms with Gasteiger partial charge in [-0.25, -0.2) is 0 Å². The Kier molecular flexibility index (Phi) is 11.0. The van der Waals surface area contributed by atoms with Gasteiger partial charge in [0.1, 0.15) is 0 Å². The molecule has 0 radical (unpaired) electrons. The molecule has 0 fully saturated rings. The van der Waals surface area contributed by atoms with Gasteiger partial charge in [-0.3, -0.25) is 0 Å². The van der Waals surface area contributed by atoms with E-state index in [4.69, 9.17) is 0 Å². The molecule has 0 aromatic heterocycles. The Hall–Kier alpha value is -2.09. The molecule has 46 heavy (non-hydrogen) atoms. The van der Waals surface area contributed by atoms with Crippen molar-refractivity contribution in [3.8, 4) is 11.1 Å². The van der Waals surface area contributed by atoms with E-state index in [1.165, 1.54) is 33.4 Å². The Morgan fingerprint density at radius 3 is 1.46 bits per heavy atom. The predicted octanol–water partition coefficient (Wildman–Crippen LogP) is 5.34.